The molecule has 2 aromatic carbocycles. The highest BCUT2D eigenvalue weighted by molar-refractivity contribution is 5.86. The van der Waals surface area contributed by atoms with Crippen LogP contribution in [0.15, 0.2) is 60.7 Å². The lowest BCUT2D eigenvalue weighted by Crippen LogP contribution is -2.17. The lowest BCUT2D eigenvalue weighted by atomic mass is 9.92. The summed E-state index contributed by atoms with van der Waals surface area (Å²) >= 11 is 0. The molecule has 2 nitrogen and oxygen atoms in total. The summed E-state index contributed by atoms with van der Waals surface area (Å²) in [5.74, 6) is -0.303. The van der Waals surface area contributed by atoms with Crippen LogP contribution in [-0.2, 0) is 11.2 Å². The van der Waals surface area contributed by atoms with Gasteiger partial charge in [-0.2, -0.15) is 0 Å². The summed E-state index contributed by atoms with van der Waals surface area (Å²) in [5.41, 5.74) is 2.05. The molecule has 0 fully saturated rings. The molecular formula is C17H18O2. The molecule has 1 atom stereocenters. The van der Waals surface area contributed by atoms with Crippen molar-refractivity contribution in [2.45, 2.75) is 18.8 Å². The van der Waals surface area contributed by atoms with E-state index in [1.54, 1.807) is 0 Å². The summed E-state index contributed by atoms with van der Waals surface area (Å²) in [6.45, 7) is -0.127. The zero-order valence-corrected chi connectivity index (χ0v) is 10.8. The highest BCUT2D eigenvalue weighted by Gasteiger charge is 2.18. The summed E-state index contributed by atoms with van der Waals surface area (Å²) < 4.78 is 0. The van der Waals surface area contributed by atoms with E-state index >= 15 is 0 Å². The number of Topliss-reactive ketones (excluding diaryl/α,β-unsaturated/α-hetero) is 1. The lowest BCUT2D eigenvalue weighted by molar-refractivity contribution is -0.121. The third-order valence-electron chi connectivity index (χ3n) is 3.28. The number of aliphatic hydroxyl groups excluding tert-OH is 1. The van der Waals surface area contributed by atoms with Crippen LogP contribution in [0.3, 0.4) is 0 Å². The van der Waals surface area contributed by atoms with Gasteiger partial charge in [0.05, 0.1) is 12.5 Å². The van der Waals surface area contributed by atoms with E-state index < -0.39 is 5.92 Å². The van der Waals surface area contributed by atoms with Crippen LogP contribution in [0.1, 0.15) is 23.5 Å². The van der Waals surface area contributed by atoms with Gasteiger partial charge >= 0.3 is 0 Å². The van der Waals surface area contributed by atoms with Crippen LogP contribution >= 0.6 is 0 Å². The maximum Gasteiger partial charge on any atom is 0.142 e. The molecule has 0 amide bonds. The van der Waals surface area contributed by atoms with Gasteiger partial charge in [-0.15, -0.1) is 0 Å². The van der Waals surface area contributed by atoms with Gasteiger partial charge in [-0.05, 0) is 17.5 Å². The fourth-order valence-corrected chi connectivity index (χ4v) is 2.16. The SMILES string of the molecule is O=C(CCc1ccccc1)C(CO)c1ccccc1. The predicted molar refractivity (Wildman–Crippen MR) is 76.0 cm³/mol. The van der Waals surface area contributed by atoms with Crippen LogP contribution < -0.4 is 0 Å². The van der Waals surface area contributed by atoms with Gasteiger partial charge in [0.2, 0.25) is 0 Å². The Labute approximate surface area is 113 Å². The molecule has 0 spiro atoms. The van der Waals surface area contributed by atoms with E-state index in [1.807, 2.05) is 60.7 Å². The highest BCUT2D eigenvalue weighted by Crippen LogP contribution is 2.18. The minimum atomic E-state index is -0.398. The molecule has 2 aromatic rings. The van der Waals surface area contributed by atoms with Crippen molar-refractivity contribution in [3.8, 4) is 0 Å². The molecule has 0 radical (unpaired) electrons. The van der Waals surface area contributed by atoms with Crippen molar-refractivity contribution in [2.24, 2.45) is 0 Å². The molecule has 0 aromatic heterocycles. The van der Waals surface area contributed by atoms with E-state index in [-0.39, 0.29) is 12.4 Å². The lowest BCUT2D eigenvalue weighted by Gasteiger charge is -2.13. The summed E-state index contributed by atoms with van der Waals surface area (Å²) in [7, 11) is 0. The second-order valence-corrected chi connectivity index (χ2v) is 4.60. The van der Waals surface area contributed by atoms with Crippen LogP contribution in [0.25, 0.3) is 0 Å². The van der Waals surface area contributed by atoms with E-state index in [2.05, 4.69) is 0 Å². The van der Waals surface area contributed by atoms with Crippen LogP contribution in [-0.4, -0.2) is 17.5 Å². The molecule has 2 rings (SSSR count). The molecule has 0 bridgehead atoms. The summed E-state index contributed by atoms with van der Waals surface area (Å²) in [4.78, 5) is 12.2. The van der Waals surface area contributed by atoms with E-state index in [1.165, 1.54) is 0 Å². The number of benzene rings is 2. The molecule has 19 heavy (non-hydrogen) atoms. The van der Waals surface area contributed by atoms with Crippen molar-refractivity contribution in [3.63, 3.8) is 0 Å². The Kier molecular flexibility index (Phi) is 4.87. The van der Waals surface area contributed by atoms with Crippen LogP contribution in [0.5, 0.6) is 0 Å². The van der Waals surface area contributed by atoms with Crippen LogP contribution in [0.2, 0.25) is 0 Å². The Balaban J connectivity index is 1.98. The van der Waals surface area contributed by atoms with Crippen molar-refractivity contribution < 1.29 is 9.90 Å². The molecular weight excluding hydrogens is 236 g/mol. The van der Waals surface area contributed by atoms with Gasteiger partial charge in [-0.25, -0.2) is 0 Å². The molecule has 0 saturated heterocycles. The van der Waals surface area contributed by atoms with Crippen molar-refractivity contribution in [2.75, 3.05) is 6.61 Å². The number of ketones is 1. The van der Waals surface area contributed by atoms with E-state index in [9.17, 15) is 9.90 Å². The Hall–Kier alpha value is -1.93. The molecule has 98 valence electrons. The molecule has 0 aliphatic carbocycles. The van der Waals surface area contributed by atoms with Crippen molar-refractivity contribution in [1.29, 1.82) is 0 Å². The third kappa shape index (κ3) is 3.76. The number of carbonyl (C=O) groups is 1. The van der Waals surface area contributed by atoms with Crippen molar-refractivity contribution >= 4 is 5.78 Å². The number of aryl methyl sites for hydroxylation is 1. The second-order valence-electron chi connectivity index (χ2n) is 4.60. The van der Waals surface area contributed by atoms with Gasteiger partial charge in [0.15, 0.2) is 0 Å². The van der Waals surface area contributed by atoms with Gasteiger partial charge in [0, 0.05) is 6.42 Å². The summed E-state index contributed by atoms with van der Waals surface area (Å²) in [6, 6.07) is 19.4. The Morgan fingerprint density at radius 3 is 2.11 bits per heavy atom. The third-order valence-corrected chi connectivity index (χ3v) is 3.28. The van der Waals surface area contributed by atoms with Crippen LogP contribution in [0.4, 0.5) is 0 Å². The number of aliphatic hydroxyl groups is 1. The molecule has 0 aliphatic rings. The minimum Gasteiger partial charge on any atom is -0.395 e. The first-order valence-corrected chi connectivity index (χ1v) is 6.53. The van der Waals surface area contributed by atoms with Gasteiger partial charge < -0.3 is 5.11 Å². The monoisotopic (exact) mass is 254 g/mol. The normalized spacial score (nSPS) is 12.1. The topological polar surface area (TPSA) is 37.3 Å². The number of rotatable bonds is 6. The minimum absolute atomic E-state index is 0.0950. The Morgan fingerprint density at radius 2 is 1.53 bits per heavy atom. The average Bonchev–Trinajstić information content (AvgIpc) is 2.48. The molecule has 0 aliphatic heterocycles. The Bertz CT molecular complexity index is 505. The first-order valence-electron chi connectivity index (χ1n) is 6.53. The molecule has 0 saturated carbocycles. The maximum absolute atomic E-state index is 12.2. The zero-order chi connectivity index (χ0) is 13.5. The first-order chi connectivity index (χ1) is 9.31. The van der Waals surface area contributed by atoms with Crippen molar-refractivity contribution in [1.82, 2.24) is 0 Å². The standard InChI is InChI=1S/C17H18O2/c18-13-16(15-9-5-2-6-10-15)17(19)12-11-14-7-3-1-4-8-14/h1-10,16,18H,11-13H2. The maximum atomic E-state index is 12.2. The summed E-state index contributed by atoms with van der Waals surface area (Å²) in [5, 5.41) is 9.43. The first kappa shape index (κ1) is 13.5. The number of carbonyl (C=O) groups excluding carboxylic acids is 1. The summed E-state index contributed by atoms with van der Waals surface area (Å²) in [6.07, 6.45) is 1.19. The number of hydrogen-bond donors (Lipinski definition) is 1. The highest BCUT2D eigenvalue weighted by atomic mass is 16.3. The van der Waals surface area contributed by atoms with Gasteiger partial charge in [0.25, 0.3) is 0 Å². The molecule has 2 heteroatoms. The number of hydrogen-bond acceptors (Lipinski definition) is 2. The van der Waals surface area contributed by atoms with Gasteiger partial charge in [-0.1, -0.05) is 60.7 Å². The van der Waals surface area contributed by atoms with E-state index in [0.29, 0.717) is 6.42 Å². The van der Waals surface area contributed by atoms with Crippen molar-refractivity contribution in [3.05, 3.63) is 71.8 Å². The van der Waals surface area contributed by atoms with E-state index in [0.717, 1.165) is 17.5 Å². The molecule has 1 unspecified atom stereocenters. The molecule has 1 N–H and O–H groups in total. The quantitative estimate of drug-likeness (QED) is 0.860. The van der Waals surface area contributed by atoms with Gasteiger partial charge in [-0.3, -0.25) is 4.79 Å². The van der Waals surface area contributed by atoms with Gasteiger partial charge in [0.1, 0.15) is 5.78 Å². The smallest absolute Gasteiger partial charge is 0.142 e. The zero-order valence-electron chi connectivity index (χ0n) is 10.8. The second kappa shape index (κ2) is 6.86. The largest absolute Gasteiger partial charge is 0.395 e. The fourth-order valence-electron chi connectivity index (χ4n) is 2.16. The van der Waals surface area contributed by atoms with Crippen LogP contribution in [0, 0.1) is 0 Å². The van der Waals surface area contributed by atoms with E-state index in [4.69, 9.17) is 0 Å². The average molecular weight is 254 g/mol. The Morgan fingerprint density at radius 1 is 0.947 bits per heavy atom. The fraction of sp³-hybridized carbons (Fsp3) is 0.235. The predicted octanol–water partition coefficient (Wildman–Crippen LogP) is 2.96. The molecule has 0 heterocycles.